The molecule has 1 aliphatic heterocycles. The van der Waals surface area contributed by atoms with Crippen LogP contribution in [0.1, 0.15) is 16.7 Å². The highest BCUT2D eigenvalue weighted by Gasteiger charge is 2.24. The molecule has 0 N–H and O–H groups in total. The number of halogens is 4. The fourth-order valence-electron chi connectivity index (χ4n) is 2.88. The van der Waals surface area contributed by atoms with Gasteiger partial charge in [0, 0.05) is 14.7 Å². The second-order valence-corrected chi connectivity index (χ2v) is 9.41. The van der Waals surface area contributed by atoms with Gasteiger partial charge in [0.25, 0.3) is 0 Å². The first-order chi connectivity index (χ1) is 14.9. The van der Waals surface area contributed by atoms with E-state index in [0.29, 0.717) is 17.9 Å². The predicted octanol–water partition coefficient (Wildman–Crippen LogP) is 6.88. The monoisotopic (exact) mass is 655 g/mol. The molecule has 0 fully saturated rings. The molecule has 0 aromatic heterocycles. The molecule has 0 amide bonds. The molecule has 0 saturated heterocycles. The number of ether oxygens (including phenoxy) is 2. The Morgan fingerprint density at radius 3 is 2.52 bits per heavy atom. The minimum Gasteiger partial charge on any atom is -0.486 e. The zero-order valence-electron chi connectivity index (χ0n) is 15.7. The number of cyclic esters (lactones) is 1. The van der Waals surface area contributed by atoms with E-state index in [1.807, 2.05) is 36.4 Å². The molecule has 8 heteroatoms. The lowest BCUT2D eigenvalue weighted by atomic mass is 10.2. The Morgan fingerprint density at radius 2 is 1.81 bits per heavy atom. The molecule has 4 nitrogen and oxygen atoms in total. The molecule has 1 aliphatic rings. The molecule has 0 spiro atoms. The number of hydrogen-bond donors (Lipinski definition) is 0. The molecule has 4 rings (SSSR count). The lowest BCUT2D eigenvalue weighted by molar-refractivity contribution is -0.129. The quantitative estimate of drug-likeness (QED) is 0.171. The maximum Gasteiger partial charge on any atom is 0.363 e. The van der Waals surface area contributed by atoms with Crippen molar-refractivity contribution >= 4 is 72.4 Å². The van der Waals surface area contributed by atoms with Crippen molar-refractivity contribution in [2.24, 2.45) is 4.99 Å². The van der Waals surface area contributed by atoms with Gasteiger partial charge in [0.2, 0.25) is 5.90 Å². The standard InChI is InChI=1S/C23H13Br2FINO3/c24-17-8-13(9-18(25)21(17)30-12-15-4-1-2-7-19(15)27)10-20-23(29)31-22(28-20)14-5-3-6-16(26)11-14/h1-11H,12H2/b20-10-. The van der Waals surface area contributed by atoms with Crippen molar-refractivity contribution in [2.75, 3.05) is 0 Å². The number of rotatable bonds is 5. The molecule has 1 heterocycles. The second kappa shape index (κ2) is 9.62. The van der Waals surface area contributed by atoms with Crippen LogP contribution in [0.5, 0.6) is 5.75 Å². The van der Waals surface area contributed by atoms with Crippen LogP contribution in [0.4, 0.5) is 4.39 Å². The van der Waals surface area contributed by atoms with Crippen LogP contribution < -0.4 is 4.74 Å². The highest BCUT2D eigenvalue weighted by atomic mass is 127. The van der Waals surface area contributed by atoms with Gasteiger partial charge in [-0.2, -0.15) is 0 Å². The Morgan fingerprint density at radius 1 is 1.06 bits per heavy atom. The summed E-state index contributed by atoms with van der Waals surface area (Å²) in [5.41, 5.74) is 2.33. The molecule has 0 radical (unpaired) electrons. The van der Waals surface area contributed by atoms with E-state index in [-0.39, 0.29) is 11.6 Å². The average molecular weight is 657 g/mol. The van der Waals surface area contributed by atoms with Crippen molar-refractivity contribution in [3.63, 3.8) is 0 Å². The maximum atomic E-state index is 13.4. The van der Waals surface area contributed by atoms with E-state index in [2.05, 4.69) is 59.4 Å². The molecule has 0 unspecified atom stereocenters. The molecule has 31 heavy (non-hydrogen) atoms. The van der Waals surface area contributed by atoms with Gasteiger partial charge in [0.15, 0.2) is 5.70 Å². The first-order valence-electron chi connectivity index (χ1n) is 9.04. The molecule has 0 aliphatic carbocycles. The fourth-order valence-corrected chi connectivity index (χ4v) is 4.87. The summed E-state index contributed by atoms with van der Waals surface area (Å²) in [6.45, 7) is 0.421. The van der Waals surface area contributed by atoms with E-state index in [1.54, 1.807) is 12.1 Å². The normalized spacial score (nSPS) is 14.5. The zero-order valence-corrected chi connectivity index (χ0v) is 21.1. The van der Waals surface area contributed by atoms with Crippen molar-refractivity contribution in [1.82, 2.24) is 0 Å². The number of hydrogen-bond acceptors (Lipinski definition) is 4. The minimum atomic E-state index is -0.592. The zero-order chi connectivity index (χ0) is 22.0. The van der Waals surface area contributed by atoms with Gasteiger partial charge < -0.3 is 9.47 Å². The molecular formula is C23H13Br2FINO3. The molecule has 3 aromatic rings. The third-order valence-electron chi connectivity index (χ3n) is 4.35. The van der Waals surface area contributed by atoms with Crippen LogP contribution in [0.25, 0.3) is 6.08 Å². The molecule has 0 saturated carbocycles. The Kier molecular flexibility index (Phi) is 6.88. The topological polar surface area (TPSA) is 47.9 Å². The molecular weight excluding hydrogens is 644 g/mol. The fraction of sp³-hybridized carbons (Fsp3) is 0.0435. The van der Waals surface area contributed by atoms with Gasteiger partial charge in [-0.15, -0.1) is 0 Å². The van der Waals surface area contributed by atoms with E-state index in [4.69, 9.17) is 9.47 Å². The van der Waals surface area contributed by atoms with E-state index >= 15 is 0 Å². The Labute approximate surface area is 208 Å². The molecule has 0 bridgehead atoms. The van der Waals surface area contributed by atoms with Crippen molar-refractivity contribution in [2.45, 2.75) is 6.61 Å². The predicted molar refractivity (Wildman–Crippen MR) is 132 cm³/mol. The summed E-state index contributed by atoms with van der Waals surface area (Å²) in [5, 5.41) is 0. The van der Waals surface area contributed by atoms with E-state index in [9.17, 15) is 9.18 Å². The number of nitrogens with zero attached hydrogens (tertiary/aromatic N) is 1. The summed E-state index contributed by atoms with van der Waals surface area (Å²) in [6.07, 6.45) is 1.61. The van der Waals surface area contributed by atoms with Crippen LogP contribution in [0, 0.1) is 9.39 Å². The summed E-state index contributed by atoms with van der Waals surface area (Å²) in [7, 11) is 0. The number of carbonyl (C=O) groups excluding carboxylic acids is 1. The van der Waals surface area contributed by atoms with Crippen molar-refractivity contribution in [3.05, 3.63) is 101 Å². The molecule has 156 valence electrons. The largest absolute Gasteiger partial charge is 0.486 e. The van der Waals surface area contributed by atoms with E-state index in [0.717, 1.165) is 23.6 Å². The van der Waals surface area contributed by atoms with Crippen LogP contribution in [0.15, 0.2) is 80.3 Å². The Bertz CT molecular complexity index is 1220. The van der Waals surface area contributed by atoms with Gasteiger partial charge in [0.05, 0.1) is 8.95 Å². The summed E-state index contributed by atoms with van der Waals surface area (Å²) in [4.78, 5) is 16.4. The lowest BCUT2D eigenvalue weighted by Crippen LogP contribution is -2.05. The smallest absolute Gasteiger partial charge is 0.363 e. The molecule has 3 aromatic carbocycles. The average Bonchev–Trinajstić information content (AvgIpc) is 3.09. The van der Waals surface area contributed by atoms with Crippen LogP contribution in [-0.2, 0) is 16.1 Å². The third-order valence-corrected chi connectivity index (χ3v) is 6.58. The maximum absolute atomic E-state index is 13.4. The van der Waals surface area contributed by atoms with Gasteiger partial charge >= 0.3 is 5.97 Å². The van der Waals surface area contributed by atoms with Gasteiger partial charge in [-0.25, -0.2) is 14.2 Å². The Hall–Kier alpha value is -2.04. The number of aliphatic imine (C=N–C) groups is 1. The summed E-state index contributed by atoms with van der Waals surface area (Å²) < 4.78 is 27.2. The number of benzene rings is 3. The number of carbonyl (C=O) groups is 1. The van der Waals surface area contributed by atoms with Gasteiger partial charge in [-0.1, -0.05) is 24.3 Å². The lowest BCUT2D eigenvalue weighted by Gasteiger charge is -2.12. The van der Waals surface area contributed by atoms with Gasteiger partial charge in [-0.3, -0.25) is 0 Å². The van der Waals surface area contributed by atoms with Crippen LogP contribution in [-0.4, -0.2) is 11.9 Å². The number of esters is 1. The van der Waals surface area contributed by atoms with E-state index in [1.165, 1.54) is 18.2 Å². The van der Waals surface area contributed by atoms with Crippen LogP contribution in [0.3, 0.4) is 0 Å². The highest BCUT2D eigenvalue weighted by Crippen LogP contribution is 2.36. The third kappa shape index (κ3) is 5.24. The van der Waals surface area contributed by atoms with Gasteiger partial charge in [0.1, 0.15) is 18.2 Å². The van der Waals surface area contributed by atoms with Crippen molar-refractivity contribution < 1.29 is 18.7 Å². The van der Waals surface area contributed by atoms with Crippen LogP contribution in [0.2, 0.25) is 0 Å². The highest BCUT2D eigenvalue weighted by molar-refractivity contribution is 14.1. The van der Waals surface area contributed by atoms with E-state index < -0.39 is 11.8 Å². The van der Waals surface area contributed by atoms with Gasteiger partial charge in [-0.05, 0) is 102 Å². The first-order valence-corrected chi connectivity index (χ1v) is 11.7. The second-order valence-electron chi connectivity index (χ2n) is 6.54. The van der Waals surface area contributed by atoms with Crippen molar-refractivity contribution in [1.29, 1.82) is 0 Å². The Balaban J connectivity index is 1.57. The van der Waals surface area contributed by atoms with Crippen molar-refractivity contribution in [3.8, 4) is 5.75 Å². The SMILES string of the molecule is O=C1OC(c2cccc(F)c2)=N/C1=C\c1cc(Br)c(OCc2ccccc2I)c(Br)c1. The molecule has 0 atom stereocenters. The summed E-state index contributed by atoms with van der Waals surface area (Å²) in [5.74, 6) is -0.293. The summed E-state index contributed by atoms with van der Waals surface area (Å²) in [6, 6.07) is 17.4. The van der Waals surface area contributed by atoms with Crippen LogP contribution >= 0.6 is 54.5 Å². The minimum absolute atomic E-state index is 0.0753. The first kappa shape index (κ1) is 22.2. The summed E-state index contributed by atoms with van der Waals surface area (Å²) >= 11 is 9.34.